The van der Waals surface area contributed by atoms with E-state index in [1.54, 1.807) is 13.2 Å². The average molecular weight is 340 g/mol. The summed E-state index contributed by atoms with van der Waals surface area (Å²) in [5, 5.41) is 6.25. The standard InChI is InChI=1S/C21H28N2O2/c1-14(2)18-10-7-11-19(15(3)4)21(18)22-13-20(24)23-16-8-6-9-17(12-16)25-5/h6-12,14-15,22H,13H2,1-5H3,(H,23,24). The van der Waals surface area contributed by atoms with Gasteiger partial charge in [-0.05, 0) is 35.1 Å². The number of hydrogen-bond donors (Lipinski definition) is 2. The van der Waals surface area contributed by atoms with E-state index in [2.05, 4.69) is 56.5 Å². The lowest BCUT2D eigenvalue weighted by molar-refractivity contribution is -0.114. The van der Waals surface area contributed by atoms with Crippen LogP contribution in [-0.2, 0) is 4.79 Å². The fourth-order valence-electron chi connectivity index (χ4n) is 2.83. The third-order valence-corrected chi connectivity index (χ3v) is 4.15. The van der Waals surface area contributed by atoms with Gasteiger partial charge in [-0.15, -0.1) is 0 Å². The maximum atomic E-state index is 12.3. The molecule has 0 aliphatic rings. The molecule has 0 atom stereocenters. The summed E-state index contributed by atoms with van der Waals surface area (Å²) in [6.07, 6.45) is 0. The third-order valence-electron chi connectivity index (χ3n) is 4.15. The fourth-order valence-corrected chi connectivity index (χ4v) is 2.83. The van der Waals surface area contributed by atoms with Crippen LogP contribution in [0.4, 0.5) is 11.4 Å². The minimum absolute atomic E-state index is 0.0819. The molecule has 0 saturated heterocycles. The van der Waals surface area contributed by atoms with E-state index in [1.165, 1.54) is 11.1 Å². The number of carbonyl (C=O) groups is 1. The predicted molar refractivity (Wildman–Crippen MR) is 105 cm³/mol. The molecule has 4 heteroatoms. The Morgan fingerprint density at radius 1 is 1.00 bits per heavy atom. The number of benzene rings is 2. The largest absolute Gasteiger partial charge is 0.497 e. The molecule has 0 fully saturated rings. The van der Waals surface area contributed by atoms with Crippen molar-refractivity contribution in [3.63, 3.8) is 0 Å². The minimum Gasteiger partial charge on any atom is -0.497 e. The zero-order valence-electron chi connectivity index (χ0n) is 15.7. The first-order chi connectivity index (χ1) is 11.9. The highest BCUT2D eigenvalue weighted by Gasteiger charge is 2.14. The van der Waals surface area contributed by atoms with Crippen LogP contribution in [0.1, 0.15) is 50.7 Å². The van der Waals surface area contributed by atoms with E-state index >= 15 is 0 Å². The fraction of sp³-hybridized carbons (Fsp3) is 0.381. The van der Waals surface area contributed by atoms with Gasteiger partial charge in [0.2, 0.25) is 5.91 Å². The van der Waals surface area contributed by atoms with Crippen molar-refractivity contribution in [1.82, 2.24) is 0 Å². The van der Waals surface area contributed by atoms with E-state index in [1.807, 2.05) is 18.2 Å². The number of hydrogen-bond acceptors (Lipinski definition) is 3. The van der Waals surface area contributed by atoms with Crippen molar-refractivity contribution >= 4 is 17.3 Å². The Bertz CT molecular complexity index is 697. The lowest BCUT2D eigenvalue weighted by Gasteiger charge is -2.20. The minimum atomic E-state index is -0.0819. The van der Waals surface area contributed by atoms with Crippen LogP contribution in [0.3, 0.4) is 0 Å². The van der Waals surface area contributed by atoms with Crippen molar-refractivity contribution in [1.29, 1.82) is 0 Å². The number of amides is 1. The molecule has 0 bridgehead atoms. The Labute approximate surface area is 150 Å². The maximum absolute atomic E-state index is 12.3. The Hall–Kier alpha value is -2.49. The van der Waals surface area contributed by atoms with Crippen molar-refractivity contribution < 1.29 is 9.53 Å². The van der Waals surface area contributed by atoms with E-state index < -0.39 is 0 Å². The summed E-state index contributed by atoms with van der Waals surface area (Å²) in [6.45, 7) is 8.89. The monoisotopic (exact) mass is 340 g/mol. The van der Waals surface area contributed by atoms with Gasteiger partial charge in [0.15, 0.2) is 0 Å². The normalized spacial score (nSPS) is 10.8. The van der Waals surface area contributed by atoms with Crippen LogP contribution >= 0.6 is 0 Å². The highest BCUT2D eigenvalue weighted by Crippen LogP contribution is 2.32. The number of ether oxygens (including phenoxy) is 1. The van der Waals surface area contributed by atoms with Crippen LogP contribution in [0.15, 0.2) is 42.5 Å². The lowest BCUT2D eigenvalue weighted by atomic mass is 9.92. The summed E-state index contributed by atoms with van der Waals surface area (Å²) in [6, 6.07) is 13.7. The van der Waals surface area contributed by atoms with E-state index in [0.29, 0.717) is 11.8 Å². The Balaban J connectivity index is 2.11. The van der Waals surface area contributed by atoms with Crippen molar-refractivity contribution in [2.24, 2.45) is 0 Å². The SMILES string of the molecule is COc1cccc(NC(=O)CNc2c(C(C)C)cccc2C(C)C)c1. The molecule has 4 nitrogen and oxygen atoms in total. The van der Waals surface area contributed by atoms with Crippen LogP contribution in [0.2, 0.25) is 0 Å². The number of para-hydroxylation sites is 1. The summed E-state index contributed by atoms with van der Waals surface area (Å²) in [7, 11) is 1.61. The number of anilines is 2. The zero-order valence-corrected chi connectivity index (χ0v) is 15.7. The molecule has 0 radical (unpaired) electrons. The molecule has 2 aromatic rings. The summed E-state index contributed by atoms with van der Waals surface area (Å²) < 4.78 is 5.18. The Kier molecular flexibility index (Phi) is 6.45. The molecular formula is C21H28N2O2. The first kappa shape index (κ1) is 18.8. The average Bonchev–Trinajstić information content (AvgIpc) is 2.59. The quantitative estimate of drug-likeness (QED) is 0.746. The first-order valence-electron chi connectivity index (χ1n) is 8.73. The number of methoxy groups -OCH3 is 1. The molecule has 2 aromatic carbocycles. The van der Waals surface area contributed by atoms with Crippen LogP contribution < -0.4 is 15.4 Å². The predicted octanol–water partition coefficient (Wildman–Crippen LogP) is 4.99. The van der Waals surface area contributed by atoms with Gasteiger partial charge < -0.3 is 15.4 Å². The van der Waals surface area contributed by atoms with E-state index in [4.69, 9.17) is 4.74 Å². The first-order valence-corrected chi connectivity index (χ1v) is 8.73. The molecule has 0 heterocycles. The van der Waals surface area contributed by atoms with Gasteiger partial charge >= 0.3 is 0 Å². The molecule has 1 amide bonds. The van der Waals surface area contributed by atoms with Crippen molar-refractivity contribution in [3.8, 4) is 5.75 Å². The van der Waals surface area contributed by atoms with Crippen molar-refractivity contribution in [2.45, 2.75) is 39.5 Å². The third kappa shape index (κ3) is 4.99. The molecule has 0 spiro atoms. The number of rotatable bonds is 7. The second-order valence-electron chi connectivity index (χ2n) is 6.75. The molecule has 0 unspecified atom stereocenters. The van der Waals surface area contributed by atoms with Gasteiger partial charge in [0.25, 0.3) is 0 Å². The number of nitrogens with one attached hydrogen (secondary N) is 2. The molecule has 0 aromatic heterocycles. The van der Waals surface area contributed by atoms with Gasteiger partial charge in [-0.25, -0.2) is 0 Å². The topological polar surface area (TPSA) is 50.4 Å². The van der Waals surface area contributed by atoms with Crippen LogP contribution in [-0.4, -0.2) is 19.6 Å². The molecular weight excluding hydrogens is 312 g/mol. The lowest BCUT2D eigenvalue weighted by Crippen LogP contribution is -2.23. The second kappa shape index (κ2) is 8.56. The van der Waals surface area contributed by atoms with Gasteiger partial charge in [-0.3, -0.25) is 4.79 Å². The van der Waals surface area contributed by atoms with E-state index in [0.717, 1.165) is 17.1 Å². The second-order valence-corrected chi connectivity index (χ2v) is 6.75. The maximum Gasteiger partial charge on any atom is 0.243 e. The van der Waals surface area contributed by atoms with E-state index in [9.17, 15) is 4.79 Å². The van der Waals surface area contributed by atoms with Gasteiger partial charge in [0.05, 0.1) is 13.7 Å². The molecule has 2 N–H and O–H groups in total. The van der Waals surface area contributed by atoms with Crippen molar-refractivity contribution in [3.05, 3.63) is 53.6 Å². The smallest absolute Gasteiger partial charge is 0.243 e. The van der Waals surface area contributed by atoms with Crippen LogP contribution in [0.25, 0.3) is 0 Å². The Morgan fingerprint density at radius 2 is 1.60 bits per heavy atom. The summed E-state index contributed by atoms with van der Waals surface area (Å²) in [5.74, 6) is 1.42. The molecule has 0 aliphatic carbocycles. The highest BCUT2D eigenvalue weighted by atomic mass is 16.5. The molecule has 25 heavy (non-hydrogen) atoms. The van der Waals surface area contributed by atoms with E-state index in [-0.39, 0.29) is 12.5 Å². The van der Waals surface area contributed by atoms with Gasteiger partial charge in [-0.2, -0.15) is 0 Å². The van der Waals surface area contributed by atoms with Crippen molar-refractivity contribution in [2.75, 3.05) is 24.3 Å². The summed E-state index contributed by atoms with van der Waals surface area (Å²) in [4.78, 5) is 12.3. The zero-order chi connectivity index (χ0) is 18.4. The van der Waals surface area contributed by atoms with Gasteiger partial charge in [-0.1, -0.05) is 52.0 Å². The summed E-state index contributed by atoms with van der Waals surface area (Å²) >= 11 is 0. The number of carbonyl (C=O) groups excluding carboxylic acids is 1. The van der Waals surface area contributed by atoms with Gasteiger partial charge in [0.1, 0.15) is 5.75 Å². The molecule has 2 rings (SSSR count). The van der Waals surface area contributed by atoms with Gasteiger partial charge in [0, 0.05) is 17.4 Å². The Morgan fingerprint density at radius 3 is 2.16 bits per heavy atom. The summed E-state index contributed by atoms with van der Waals surface area (Å²) in [5.41, 5.74) is 4.28. The molecule has 0 aliphatic heterocycles. The van der Waals surface area contributed by atoms with Crippen LogP contribution in [0.5, 0.6) is 5.75 Å². The van der Waals surface area contributed by atoms with Crippen LogP contribution in [0, 0.1) is 0 Å². The highest BCUT2D eigenvalue weighted by molar-refractivity contribution is 5.94. The molecule has 0 saturated carbocycles. The molecule has 134 valence electrons.